The SMILES string of the molecule is O=C(C1CCCc2ccccc21)N1CCS(=O)CC1. The summed E-state index contributed by atoms with van der Waals surface area (Å²) in [6.07, 6.45) is 3.13. The minimum Gasteiger partial charge on any atom is -0.340 e. The van der Waals surface area contributed by atoms with Gasteiger partial charge in [-0.1, -0.05) is 24.3 Å². The Kier molecular flexibility index (Phi) is 3.69. The van der Waals surface area contributed by atoms with Crippen molar-refractivity contribution in [2.75, 3.05) is 24.6 Å². The first-order chi connectivity index (χ1) is 9.25. The Hall–Kier alpha value is -1.16. The van der Waals surface area contributed by atoms with Crippen molar-refractivity contribution in [2.24, 2.45) is 0 Å². The van der Waals surface area contributed by atoms with Crippen LogP contribution in [0, 0.1) is 0 Å². The second-order valence-electron chi connectivity index (χ2n) is 5.32. The first-order valence-electron chi connectivity index (χ1n) is 6.97. The predicted molar refractivity (Wildman–Crippen MR) is 76.6 cm³/mol. The molecule has 1 saturated heterocycles. The van der Waals surface area contributed by atoms with E-state index in [9.17, 15) is 9.00 Å². The van der Waals surface area contributed by atoms with Crippen molar-refractivity contribution in [2.45, 2.75) is 25.2 Å². The lowest BCUT2D eigenvalue weighted by molar-refractivity contribution is -0.132. The van der Waals surface area contributed by atoms with E-state index in [1.807, 2.05) is 11.0 Å². The fourth-order valence-electron chi connectivity index (χ4n) is 3.09. The fourth-order valence-corrected chi connectivity index (χ4v) is 4.14. The number of benzene rings is 1. The maximum absolute atomic E-state index is 12.6. The van der Waals surface area contributed by atoms with Crippen LogP contribution >= 0.6 is 0 Å². The molecule has 19 heavy (non-hydrogen) atoms. The lowest BCUT2D eigenvalue weighted by Gasteiger charge is -2.32. The average Bonchev–Trinajstić information content (AvgIpc) is 2.47. The molecule has 1 unspecified atom stereocenters. The summed E-state index contributed by atoms with van der Waals surface area (Å²) >= 11 is 0. The summed E-state index contributed by atoms with van der Waals surface area (Å²) in [5, 5.41) is 0. The number of nitrogens with zero attached hydrogens (tertiary/aromatic N) is 1. The van der Waals surface area contributed by atoms with Crippen LogP contribution in [-0.2, 0) is 22.0 Å². The summed E-state index contributed by atoms with van der Waals surface area (Å²) in [4.78, 5) is 14.6. The van der Waals surface area contributed by atoms with Gasteiger partial charge in [-0.2, -0.15) is 0 Å². The lowest BCUT2D eigenvalue weighted by Crippen LogP contribution is -2.44. The van der Waals surface area contributed by atoms with Gasteiger partial charge >= 0.3 is 0 Å². The Bertz CT molecular complexity index is 505. The van der Waals surface area contributed by atoms with Gasteiger partial charge in [0.1, 0.15) is 0 Å². The molecule has 1 aromatic rings. The number of amides is 1. The van der Waals surface area contributed by atoms with Gasteiger partial charge in [0, 0.05) is 35.4 Å². The van der Waals surface area contributed by atoms with Crippen LogP contribution in [0.5, 0.6) is 0 Å². The van der Waals surface area contributed by atoms with Crippen molar-refractivity contribution in [1.82, 2.24) is 4.90 Å². The highest BCUT2D eigenvalue weighted by atomic mass is 32.2. The molecule has 1 atom stereocenters. The molecule has 1 heterocycles. The van der Waals surface area contributed by atoms with Gasteiger partial charge in [-0.15, -0.1) is 0 Å². The van der Waals surface area contributed by atoms with Gasteiger partial charge in [0.25, 0.3) is 0 Å². The number of rotatable bonds is 1. The van der Waals surface area contributed by atoms with Gasteiger partial charge < -0.3 is 4.90 Å². The van der Waals surface area contributed by atoms with Crippen LogP contribution < -0.4 is 0 Å². The number of fused-ring (bicyclic) bond motifs is 1. The molecule has 1 aromatic carbocycles. The van der Waals surface area contributed by atoms with Crippen LogP contribution in [-0.4, -0.2) is 39.6 Å². The molecule has 1 amide bonds. The van der Waals surface area contributed by atoms with E-state index >= 15 is 0 Å². The molecule has 102 valence electrons. The number of aryl methyl sites for hydroxylation is 1. The van der Waals surface area contributed by atoms with Crippen molar-refractivity contribution in [3.05, 3.63) is 35.4 Å². The zero-order valence-corrected chi connectivity index (χ0v) is 11.8. The molecule has 2 aliphatic rings. The second-order valence-corrected chi connectivity index (χ2v) is 7.01. The standard InChI is InChI=1S/C15H19NO2S/c17-15(16-8-10-19(18)11-9-16)14-7-3-5-12-4-1-2-6-13(12)14/h1-2,4,6,14H,3,5,7-11H2. The summed E-state index contributed by atoms with van der Waals surface area (Å²) in [6.45, 7) is 1.31. The Labute approximate surface area is 116 Å². The van der Waals surface area contributed by atoms with E-state index in [4.69, 9.17) is 0 Å². The van der Waals surface area contributed by atoms with Crippen LogP contribution in [0.15, 0.2) is 24.3 Å². The van der Waals surface area contributed by atoms with Crippen molar-refractivity contribution >= 4 is 16.7 Å². The molecule has 0 saturated carbocycles. The number of hydrogen-bond acceptors (Lipinski definition) is 2. The second kappa shape index (κ2) is 5.45. The Morgan fingerprint density at radius 2 is 1.95 bits per heavy atom. The van der Waals surface area contributed by atoms with Gasteiger partial charge in [-0.25, -0.2) is 0 Å². The first kappa shape index (κ1) is 12.9. The van der Waals surface area contributed by atoms with Crippen LogP contribution in [0.3, 0.4) is 0 Å². The highest BCUT2D eigenvalue weighted by Crippen LogP contribution is 2.33. The summed E-state index contributed by atoms with van der Waals surface area (Å²) < 4.78 is 11.4. The Morgan fingerprint density at radius 1 is 1.21 bits per heavy atom. The van der Waals surface area contributed by atoms with E-state index in [1.54, 1.807) is 0 Å². The highest BCUT2D eigenvalue weighted by Gasteiger charge is 2.31. The lowest BCUT2D eigenvalue weighted by atomic mass is 9.82. The zero-order chi connectivity index (χ0) is 13.2. The number of hydrogen-bond donors (Lipinski definition) is 0. The van der Waals surface area contributed by atoms with E-state index < -0.39 is 10.8 Å². The third kappa shape index (κ3) is 2.59. The van der Waals surface area contributed by atoms with Gasteiger partial charge in [-0.3, -0.25) is 9.00 Å². The van der Waals surface area contributed by atoms with Crippen molar-refractivity contribution in [3.63, 3.8) is 0 Å². The quantitative estimate of drug-likeness (QED) is 0.783. The van der Waals surface area contributed by atoms with Gasteiger partial charge in [-0.05, 0) is 30.4 Å². The molecule has 1 aliphatic carbocycles. The maximum atomic E-state index is 12.6. The van der Waals surface area contributed by atoms with E-state index in [-0.39, 0.29) is 11.8 Å². The average molecular weight is 277 g/mol. The van der Waals surface area contributed by atoms with Crippen LogP contribution in [0.1, 0.15) is 29.9 Å². The van der Waals surface area contributed by atoms with Gasteiger partial charge in [0.2, 0.25) is 5.91 Å². The van der Waals surface area contributed by atoms with Crippen LogP contribution in [0.25, 0.3) is 0 Å². The molecule has 0 bridgehead atoms. The van der Waals surface area contributed by atoms with Crippen molar-refractivity contribution < 1.29 is 9.00 Å². The summed E-state index contributed by atoms with van der Waals surface area (Å²) in [6, 6.07) is 8.31. The topological polar surface area (TPSA) is 37.4 Å². The Balaban J connectivity index is 1.79. The molecule has 1 fully saturated rings. The normalized spacial score (nSPS) is 24.0. The zero-order valence-electron chi connectivity index (χ0n) is 11.0. The van der Waals surface area contributed by atoms with Crippen LogP contribution in [0.2, 0.25) is 0 Å². The molecular formula is C15H19NO2S. The first-order valence-corrected chi connectivity index (χ1v) is 8.46. The largest absolute Gasteiger partial charge is 0.340 e. The smallest absolute Gasteiger partial charge is 0.230 e. The predicted octanol–water partition coefficient (Wildman–Crippen LogP) is 1.70. The maximum Gasteiger partial charge on any atom is 0.230 e. The van der Waals surface area contributed by atoms with Crippen molar-refractivity contribution in [1.29, 1.82) is 0 Å². The molecule has 0 N–H and O–H groups in total. The molecule has 0 radical (unpaired) electrons. The minimum atomic E-state index is -0.721. The fraction of sp³-hybridized carbons (Fsp3) is 0.533. The van der Waals surface area contributed by atoms with E-state index in [2.05, 4.69) is 18.2 Å². The molecule has 0 spiro atoms. The van der Waals surface area contributed by atoms with Crippen LogP contribution in [0.4, 0.5) is 0 Å². The molecule has 1 aliphatic heterocycles. The van der Waals surface area contributed by atoms with Gasteiger partial charge in [0.05, 0.1) is 5.92 Å². The van der Waals surface area contributed by atoms with E-state index in [0.717, 1.165) is 19.3 Å². The number of carbonyl (C=O) groups excluding carboxylic acids is 1. The van der Waals surface area contributed by atoms with E-state index in [0.29, 0.717) is 24.6 Å². The minimum absolute atomic E-state index is 0.0245. The monoisotopic (exact) mass is 277 g/mol. The molecule has 0 aromatic heterocycles. The third-order valence-corrected chi connectivity index (χ3v) is 5.43. The number of carbonyl (C=O) groups is 1. The molecular weight excluding hydrogens is 258 g/mol. The van der Waals surface area contributed by atoms with Crippen molar-refractivity contribution in [3.8, 4) is 0 Å². The molecule has 3 rings (SSSR count). The third-order valence-electron chi connectivity index (χ3n) is 4.16. The van der Waals surface area contributed by atoms with E-state index in [1.165, 1.54) is 11.1 Å². The summed E-state index contributed by atoms with van der Waals surface area (Å²) in [5.74, 6) is 1.54. The summed E-state index contributed by atoms with van der Waals surface area (Å²) in [7, 11) is -0.721. The van der Waals surface area contributed by atoms with Gasteiger partial charge in [0.15, 0.2) is 0 Å². The molecule has 3 nitrogen and oxygen atoms in total. The summed E-state index contributed by atoms with van der Waals surface area (Å²) in [5.41, 5.74) is 2.54. The molecule has 4 heteroatoms. The Morgan fingerprint density at radius 3 is 2.74 bits per heavy atom. The highest BCUT2D eigenvalue weighted by molar-refractivity contribution is 7.85.